The van der Waals surface area contributed by atoms with Crippen LogP contribution in [0.3, 0.4) is 0 Å². The molecule has 422 valence electrons. The molecule has 1 atom stereocenters. The molecule has 0 aliphatic carbocycles. The van der Waals surface area contributed by atoms with E-state index in [2.05, 4.69) is 130 Å². The molecule has 0 saturated carbocycles. The van der Waals surface area contributed by atoms with Gasteiger partial charge in [-0.05, 0) is 116 Å². The smallest absolute Gasteiger partial charge is 0.306 e. The summed E-state index contributed by atoms with van der Waals surface area (Å²) < 4.78 is 16.8. The van der Waals surface area contributed by atoms with E-state index in [1.807, 2.05) is 0 Å². The first-order valence-electron chi connectivity index (χ1n) is 30.9. The van der Waals surface area contributed by atoms with E-state index >= 15 is 0 Å². The van der Waals surface area contributed by atoms with Crippen molar-refractivity contribution in [3.05, 3.63) is 109 Å². The van der Waals surface area contributed by atoms with Gasteiger partial charge in [-0.25, -0.2) is 0 Å². The van der Waals surface area contributed by atoms with Crippen molar-refractivity contribution in [3.8, 4) is 0 Å². The van der Waals surface area contributed by atoms with Crippen LogP contribution in [0.1, 0.15) is 284 Å². The van der Waals surface area contributed by atoms with Gasteiger partial charge in [0.2, 0.25) is 0 Å². The Morgan fingerprint density at radius 3 is 0.905 bits per heavy atom. The summed E-state index contributed by atoms with van der Waals surface area (Å²) in [5.41, 5.74) is 0. The molecule has 0 aliphatic rings. The van der Waals surface area contributed by atoms with E-state index in [0.29, 0.717) is 19.3 Å². The second-order valence-electron chi connectivity index (χ2n) is 20.2. The van der Waals surface area contributed by atoms with Gasteiger partial charge in [-0.1, -0.05) is 259 Å². The first-order chi connectivity index (χ1) is 36.5. The molecule has 74 heavy (non-hydrogen) atoms. The van der Waals surface area contributed by atoms with E-state index < -0.39 is 6.10 Å². The van der Waals surface area contributed by atoms with Crippen LogP contribution >= 0.6 is 0 Å². The Kier molecular flexibility index (Phi) is 58.3. The van der Waals surface area contributed by atoms with E-state index in [9.17, 15) is 14.4 Å². The van der Waals surface area contributed by atoms with Gasteiger partial charge in [0.15, 0.2) is 6.10 Å². The number of ether oxygens (including phenoxy) is 3. The Morgan fingerprint density at radius 2 is 0.554 bits per heavy atom. The number of unbranched alkanes of at least 4 members (excludes halogenated alkanes) is 26. The van der Waals surface area contributed by atoms with E-state index in [-0.39, 0.29) is 37.5 Å². The van der Waals surface area contributed by atoms with Crippen molar-refractivity contribution in [2.24, 2.45) is 0 Å². The zero-order valence-corrected chi connectivity index (χ0v) is 48.3. The van der Waals surface area contributed by atoms with Crippen molar-refractivity contribution >= 4 is 17.9 Å². The number of esters is 3. The van der Waals surface area contributed by atoms with Crippen molar-refractivity contribution < 1.29 is 28.6 Å². The van der Waals surface area contributed by atoms with Crippen LogP contribution < -0.4 is 0 Å². The fourth-order valence-corrected chi connectivity index (χ4v) is 8.35. The summed E-state index contributed by atoms with van der Waals surface area (Å²) in [6.45, 7) is 6.43. The van der Waals surface area contributed by atoms with Crippen LogP contribution in [0.4, 0.5) is 0 Å². The van der Waals surface area contributed by atoms with Gasteiger partial charge >= 0.3 is 17.9 Å². The van der Waals surface area contributed by atoms with Gasteiger partial charge in [-0.15, -0.1) is 0 Å². The van der Waals surface area contributed by atoms with Gasteiger partial charge in [0, 0.05) is 19.3 Å². The second kappa shape index (κ2) is 61.6. The van der Waals surface area contributed by atoms with Gasteiger partial charge < -0.3 is 14.2 Å². The monoisotopic (exact) mass is 1030 g/mol. The molecule has 0 fully saturated rings. The number of allylic oxidation sites excluding steroid dienone is 18. The molecule has 0 spiro atoms. The molecule has 0 saturated heterocycles. The molecule has 0 amide bonds. The van der Waals surface area contributed by atoms with Crippen molar-refractivity contribution in [1.82, 2.24) is 0 Å². The number of hydrogen-bond acceptors (Lipinski definition) is 6. The molecule has 6 nitrogen and oxygen atoms in total. The molecule has 0 N–H and O–H groups in total. The lowest BCUT2D eigenvalue weighted by molar-refractivity contribution is -0.167. The van der Waals surface area contributed by atoms with Crippen LogP contribution in [0.5, 0.6) is 0 Å². The molecule has 0 rings (SSSR count). The third-order valence-corrected chi connectivity index (χ3v) is 13.0. The number of hydrogen-bond donors (Lipinski definition) is 0. The predicted octanol–water partition coefficient (Wildman–Crippen LogP) is 21.0. The molecule has 0 bridgehead atoms. The Labute approximate surface area is 457 Å². The highest BCUT2D eigenvalue weighted by molar-refractivity contribution is 5.71. The normalized spacial score (nSPS) is 12.9. The third kappa shape index (κ3) is 59.0. The van der Waals surface area contributed by atoms with Gasteiger partial charge in [0.25, 0.3) is 0 Å². The highest BCUT2D eigenvalue weighted by Crippen LogP contribution is 2.15. The summed E-state index contributed by atoms with van der Waals surface area (Å²) >= 11 is 0. The largest absolute Gasteiger partial charge is 0.462 e. The second-order valence-corrected chi connectivity index (χ2v) is 20.2. The first kappa shape index (κ1) is 70.1. The predicted molar refractivity (Wildman–Crippen MR) is 320 cm³/mol. The minimum Gasteiger partial charge on any atom is -0.462 e. The number of carbonyl (C=O) groups is 3. The molecule has 0 radical (unpaired) electrons. The maximum Gasteiger partial charge on any atom is 0.306 e. The average Bonchev–Trinajstić information content (AvgIpc) is 3.40. The van der Waals surface area contributed by atoms with Crippen LogP contribution in [0.15, 0.2) is 109 Å². The molecule has 0 aliphatic heterocycles. The maximum atomic E-state index is 12.9. The van der Waals surface area contributed by atoms with Crippen molar-refractivity contribution in [2.45, 2.75) is 290 Å². The van der Waals surface area contributed by atoms with E-state index in [1.165, 1.54) is 128 Å². The molecular formula is C68H114O6. The Bertz CT molecular complexity index is 1510. The fourth-order valence-electron chi connectivity index (χ4n) is 8.35. The Morgan fingerprint density at radius 1 is 0.284 bits per heavy atom. The fraction of sp³-hybridized carbons (Fsp3) is 0.691. The number of rotatable bonds is 55. The van der Waals surface area contributed by atoms with Crippen LogP contribution in [-0.4, -0.2) is 37.2 Å². The van der Waals surface area contributed by atoms with Gasteiger partial charge in [-0.2, -0.15) is 0 Å². The molecule has 6 heteroatoms. The highest BCUT2D eigenvalue weighted by atomic mass is 16.6. The summed E-state index contributed by atoms with van der Waals surface area (Å²) in [5.74, 6) is -0.977. The van der Waals surface area contributed by atoms with Gasteiger partial charge in [-0.3, -0.25) is 14.4 Å². The summed E-state index contributed by atoms with van der Waals surface area (Å²) in [5, 5.41) is 0. The maximum absolute atomic E-state index is 12.9. The van der Waals surface area contributed by atoms with Crippen LogP contribution in [0.25, 0.3) is 0 Å². The molecule has 1 unspecified atom stereocenters. The molecule has 0 aromatic heterocycles. The lowest BCUT2D eigenvalue weighted by atomic mass is 10.0. The number of carbonyl (C=O) groups excluding carboxylic acids is 3. The first-order valence-corrected chi connectivity index (χ1v) is 30.9. The molecule has 0 heterocycles. The summed E-state index contributed by atoms with van der Waals surface area (Å²) in [6.07, 6.45) is 83.8. The summed E-state index contributed by atoms with van der Waals surface area (Å²) in [4.78, 5) is 38.2. The summed E-state index contributed by atoms with van der Waals surface area (Å²) in [6, 6.07) is 0. The van der Waals surface area contributed by atoms with Crippen molar-refractivity contribution in [1.29, 1.82) is 0 Å². The van der Waals surface area contributed by atoms with Crippen molar-refractivity contribution in [2.75, 3.05) is 13.2 Å². The molecule has 0 aromatic rings. The lowest BCUT2D eigenvalue weighted by Crippen LogP contribution is -2.30. The summed E-state index contributed by atoms with van der Waals surface area (Å²) in [7, 11) is 0. The zero-order valence-electron chi connectivity index (χ0n) is 48.3. The van der Waals surface area contributed by atoms with Gasteiger partial charge in [0.05, 0.1) is 0 Å². The van der Waals surface area contributed by atoms with E-state index in [1.54, 1.807) is 0 Å². The van der Waals surface area contributed by atoms with E-state index in [4.69, 9.17) is 14.2 Å². The van der Waals surface area contributed by atoms with Crippen LogP contribution in [0.2, 0.25) is 0 Å². The lowest BCUT2D eigenvalue weighted by Gasteiger charge is -2.18. The standard InChI is InChI=1S/C68H114O6/c1-4-7-10-13-16-19-22-25-28-30-31-32-33-34-35-36-37-39-40-43-46-49-52-55-58-61-67(70)73-64-65(63-72-66(69)60-57-54-51-48-45-42-27-24-21-18-15-12-9-6-3)74-68(71)62-59-56-53-50-47-44-41-38-29-26-23-20-17-14-11-8-5-2/h8,11,15,17-18,20,22,24-27,29-31,41,44,50,53,65H,4-7,9-10,12-14,16,19,21,23,28,32-40,42-43,45-49,51-52,54-64H2,1-3H3/b11-8-,18-15-,20-17-,25-22-,27-24-,29-26-,31-30-,44-41-,53-50-. The minimum atomic E-state index is -0.816. The Balaban J connectivity index is 4.39. The average molecular weight is 1030 g/mol. The molecule has 0 aromatic carbocycles. The zero-order chi connectivity index (χ0) is 53.6. The third-order valence-electron chi connectivity index (χ3n) is 13.0. The van der Waals surface area contributed by atoms with Gasteiger partial charge in [0.1, 0.15) is 13.2 Å². The van der Waals surface area contributed by atoms with E-state index in [0.717, 1.165) is 109 Å². The van der Waals surface area contributed by atoms with Crippen molar-refractivity contribution in [3.63, 3.8) is 0 Å². The minimum absolute atomic E-state index is 0.106. The quantitative estimate of drug-likeness (QED) is 0.0261. The SMILES string of the molecule is CC/C=C\C/C=C\C/C=C\C/C=C\C/C=C\CCCC(=O)OC(COC(=O)CCCCCCC/C=C\C/C=C\CCCC)COC(=O)CCCCCCCCCCCCCCC/C=C\C/C=C\CCCCCCC. The highest BCUT2D eigenvalue weighted by Gasteiger charge is 2.19. The van der Waals surface area contributed by atoms with Crippen LogP contribution in [-0.2, 0) is 28.6 Å². The van der Waals surface area contributed by atoms with Crippen LogP contribution in [0, 0.1) is 0 Å². The topological polar surface area (TPSA) is 78.9 Å². The Hall–Kier alpha value is -3.93. The molecular weight excluding hydrogens is 913 g/mol.